The molecule has 2 bridgehead atoms. The first-order valence-corrected chi connectivity index (χ1v) is 8.52. The van der Waals surface area contributed by atoms with E-state index in [9.17, 15) is 17.6 Å². The average molecular weight is 333 g/mol. The first-order chi connectivity index (χ1) is 9.77. The molecule has 1 saturated heterocycles. The summed E-state index contributed by atoms with van der Waals surface area (Å²) in [7, 11) is -4.24. The number of piperidine rings is 1. The molecule has 8 heteroatoms. The monoisotopic (exact) mass is 332 g/mol. The van der Waals surface area contributed by atoms with Crippen molar-refractivity contribution in [2.24, 2.45) is 11.1 Å². The molecule has 1 aliphatic heterocycles. The lowest BCUT2D eigenvalue weighted by Gasteiger charge is -2.27. The molecular weight excluding hydrogens is 319 g/mol. The third-order valence-corrected chi connectivity index (χ3v) is 5.47. The van der Waals surface area contributed by atoms with Crippen LogP contribution in [0.5, 0.6) is 0 Å². The lowest BCUT2D eigenvalue weighted by Crippen LogP contribution is -2.38. The molecule has 1 aromatic rings. The number of carbonyl (C=O) groups is 1. The third-order valence-electron chi connectivity index (χ3n) is 4.23. The van der Waals surface area contributed by atoms with E-state index in [4.69, 9.17) is 16.7 Å². The summed E-state index contributed by atoms with van der Waals surface area (Å²) in [4.78, 5) is 13.5. The molecule has 21 heavy (non-hydrogen) atoms. The number of amides is 1. The summed E-state index contributed by atoms with van der Waals surface area (Å²) in [6, 6.07) is 1.92. The first-order valence-electron chi connectivity index (χ1n) is 6.60. The number of hydrogen-bond donors (Lipinski definition) is 1. The van der Waals surface area contributed by atoms with E-state index in [1.54, 1.807) is 4.90 Å². The second-order valence-corrected chi connectivity index (χ2v) is 7.53. The fourth-order valence-corrected chi connectivity index (χ4v) is 4.08. The van der Waals surface area contributed by atoms with E-state index in [-0.39, 0.29) is 22.5 Å². The number of benzene rings is 1. The quantitative estimate of drug-likeness (QED) is 0.896. The number of primary sulfonamides is 1. The molecule has 2 atom stereocenters. The number of likely N-dealkylation sites (tertiary alicyclic amines) is 1. The summed E-state index contributed by atoms with van der Waals surface area (Å²) in [5.74, 6) is -0.921. The van der Waals surface area contributed by atoms with Crippen LogP contribution in [0.4, 0.5) is 4.39 Å². The van der Waals surface area contributed by atoms with Crippen LogP contribution < -0.4 is 5.14 Å². The van der Waals surface area contributed by atoms with E-state index >= 15 is 0 Å². The molecule has 1 amide bonds. The van der Waals surface area contributed by atoms with Gasteiger partial charge in [0.05, 0.1) is 10.6 Å². The van der Waals surface area contributed by atoms with E-state index in [1.165, 1.54) is 0 Å². The largest absolute Gasteiger partial charge is 0.335 e. The summed E-state index contributed by atoms with van der Waals surface area (Å²) in [6.07, 6.45) is 3.01. The number of rotatable bonds is 2. The van der Waals surface area contributed by atoms with Gasteiger partial charge in [0, 0.05) is 12.6 Å². The highest BCUT2D eigenvalue weighted by Crippen LogP contribution is 2.39. The van der Waals surface area contributed by atoms with E-state index < -0.39 is 20.7 Å². The Labute approximate surface area is 126 Å². The molecule has 114 valence electrons. The van der Waals surface area contributed by atoms with Crippen molar-refractivity contribution < 1.29 is 17.6 Å². The Kier molecular flexibility index (Phi) is 3.46. The SMILES string of the molecule is NS(=O)(=O)c1cc(C(=O)N2CC3CCC2C3)c(Cl)cc1F. The van der Waals surface area contributed by atoms with Crippen LogP contribution >= 0.6 is 11.6 Å². The zero-order valence-electron chi connectivity index (χ0n) is 11.1. The van der Waals surface area contributed by atoms with Gasteiger partial charge < -0.3 is 4.90 Å². The van der Waals surface area contributed by atoms with Gasteiger partial charge >= 0.3 is 0 Å². The number of nitrogens with zero attached hydrogens (tertiary/aromatic N) is 1. The number of nitrogens with two attached hydrogens (primary N) is 1. The standard InChI is InChI=1S/C13H14ClFN2O3S/c14-10-5-11(15)12(21(16,19)20)4-9(10)13(18)17-6-7-1-2-8(17)3-7/h4-5,7-8H,1-3,6H2,(H2,16,19,20). The lowest BCUT2D eigenvalue weighted by molar-refractivity contribution is 0.0703. The predicted octanol–water partition coefficient (Wildman–Crippen LogP) is 1.75. The van der Waals surface area contributed by atoms with Gasteiger partial charge in [0.1, 0.15) is 10.7 Å². The van der Waals surface area contributed by atoms with Gasteiger partial charge in [-0.25, -0.2) is 17.9 Å². The zero-order valence-corrected chi connectivity index (χ0v) is 12.6. The number of hydrogen-bond acceptors (Lipinski definition) is 3. The van der Waals surface area contributed by atoms with Crippen LogP contribution in [0.2, 0.25) is 5.02 Å². The topological polar surface area (TPSA) is 80.5 Å². The predicted molar refractivity (Wildman–Crippen MR) is 74.9 cm³/mol. The van der Waals surface area contributed by atoms with E-state index in [2.05, 4.69) is 0 Å². The minimum absolute atomic E-state index is 0.0189. The minimum atomic E-state index is -4.24. The van der Waals surface area contributed by atoms with Crippen molar-refractivity contribution in [1.82, 2.24) is 4.90 Å². The highest BCUT2D eigenvalue weighted by atomic mass is 35.5. The van der Waals surface area contributed by atoms with Crippen LogP contribution in [0.1, 0.15) is 29.6 Å². The Balaban J connectivity index is 2.00. The zero-order chi connectivity index (χ0) is 15.4. The van der Waals surface area contributed by atoms with Crippen LogP contribution in [0, 0.1) is 11.7 Å². The Hall–Kier alpha value is -1.18. The Bertz CT molecular complexity index is 722. The first kappa shape index (κ1) is 14.7. The van der Waals surface area contributed by atoms with Crippen LogP contribution in [0.15, 0.2) is 17.0 Å². The second kappa shape index (κ2) is 4.93. The Morgan fingerprint density at radius 1 is 1.38 bits per heavy atom. The molecule has 1 aliphatic carbocycles. The van der Waals surface area contributed by atoms with Crippen molar-refractivity contribution in [3.63, 3.8) is 0 Å². The summed E-state index contributed by atoms with van der Waals surface area (Å²) >= 11 is 5.90. The maximum absolute atomic E-state index is 13.6. The molecule has 5 nitrogen and oxygen atoms in total. The van der Waals surface area contributed by atoms with Gasteiger partial charge in [-0.1, -0.05) is 11.6 Å². The molecule has 1 aromatic carbocycles. The molecule has 0 radical (unpaired) electrons. The molecule has 2 unspecified atom stereocenters. The average Bonchev–Trinajstić information content (AvgIpc) is 2.98. The number of sulfonamides is 1. The lowest BCUT2D eigenvalue weighted by atomic mass is 10.1. The molecule has 1 saturated carbocycles. The summed E-state index contributed by atoms with van der Waals surface area (Å²) in [5.41, 5.74) is -0.0189. The van der Waals surface area contributed by atoms with Crippen molar-refractivity contribution >= 4 is 27.5 Å². The van der Waals surface area contributed by atoms with Gasteiger partial charge in [-0.2, -0.15) is 0 Å². The van der Waals surface area contributed by atoms with E-state index in [0.717, 1.165) is 31.4 Å². The molecule has 1 heterocycles. The van der Waals surface area contributed by atoms with Crippen molar-refractivity contribution in [2.75, 3.05) is 6.54 Å². The number of carbonyl (C=O) groups excluding carboxylic acids is 1. The van der Waals surface area contributed by atoms with Gasteiger partial charge in [-0.15, -0.1) is 0 Å². The van der Waals surface area contributed by atoms with Crippen molar-refractivity contribution in [3.8, 4) is 0 Å². The Morgan fingerprint density at radius 3 is 2.62 bits per heavy atom. The molecule has 2 fully saturated rings. The smallest absolute Gasteiger partial charge is 0.255 e. The molecule has 2 aliphatic rings. The fraction of sp³-hybridized carbons (Fsp3) is 0.462. The Morgan fingerprint density at radius 2 is 2.10 bits per heavy atom. The molecule has 3 rings (SSSR count). The maximum Gasteiger partial charge on any atom is 0.255 e. The highest BCUT2D eigenvalue weighted by Gasteiger charge is 2.41. The molecule has 2 N–H and O–H groups in total. The fourth-order valence-electron chi connectivity index (χ4n) is 3.24. The minimum Gasteiger partial charge on any atom is -0.335 e. The van der Waals surface area contributed by atoms with Gasteiger partial charge in [0.2, 0.25) is 10.0 Å². The third kappa shape index (κ3) is 2.54. The van der Waals surface area contributed by atoms with Crippen molar-refractivity contribution in [2.45, 2.75) is 30.2 Å². The van der Waals surface area contributed by atoms with Crippen LogP contribution in [0.25, 0.3) is 0 Å². The van der Waals surface area contributed by atoms with Crippen LogP contribution in [-0.4, -0.2) is 31.8 Å². The number of halogens is 2. The van der Waals surface area contributed by atoms with Gasteiger partial charge in [0.15, 0.2) is 0 Å². The van der Waals surface area contributed by atoms with E-state index in [1.807, 2.05) is 0 Å². The molecular formula is C13H14ClFN2O3S. The van der Waals surface area contributed by atoms with Gasteiger partial charge in [-0.05, 0) is 37.3 Å². The van der Waals surface area contributed by atoms with Crippen LogP contribution in [0.3, 0.4) is 0 Å². The molecule has 0 spiro atoms. The van der Waals surface area contributed by atoms with E-state index in [0.29, 0.717) is 12.5 Å². The summed E-state index contributed by atoms with van der Waals surface area (Å²) < 4.78 is 36.4. The van der Waals surface area contributed by atoms with Gasteiger partial charge in [0.25, 0.3) is 5.91 Å². The summed E-state index contributed by atoms with van der Waals surface area (Å²) in [5, 5.41) is 4.85. The maximum atomic E-state index is 13.6. The van der Waals surface area contributed by atoms with Gasteiger partial charge in [-0.3, -0.25) is 4.79 Å². The normalized spacial score (nSPS) is 24.6. The highest BCUT2D eigenvalue weighted by molar-refractivity contribution is 7.89. The van der Waals surface area contributed by atoms with Crippen molar-refractivity contribution in [3.05, 3.63) is 28.5 Å². The molecule has 0 aromatic heterocycles. The summed E-state index contributed by atoms with van der Waals surface area (Å²) in [6.45, 7) is 0.641. The van der Waals surface area contributed by atoms with Crippen LogP contribution in [-0.2, 0) is 10.0 Å². The number of fused-ring (bicyclic) bond motifs is 2. The van der Waals surface area contributed by atoms with Crippen molar-refractivity contribution in [1.29, 1.82) is 0 Å². The second-order valence-electron chi connectivity index (χ2n) is 5.60.